The van der Waals surface area contributed by atoms with Gasteiger partial charge in [0.05, 0.1) is 10.9 Å². The molecule has 4 N–H and O–H groups in total. The number of hydrogen-bond donors (Lipinski definition) is 3. The number of hydrogen-bond acceptors (Lipinski definition) is 5. The van der Waals surface area contributed by atoms with Crippen LogP contribution in [0.25, 0.3) is 0 Å². The molecule has 1 fully saturated rings. The van der Waals surface area contributed by atoms with Gasteiger partial charge in [-0.3, -0.25) is 10.4 Å². The van der Waals surface area contributed by atoms with Gasteiger partial charge in [0.25, 0.3) is 0 Å². The van der Waals surface area contributed by atoms with Gasteiger partial charge in [0.1, 0.15) is 6.34 Å². The fourth-order valence-electron chi connectivity index (χ4n) is 3.07. The summed E-state index contributed by atoms with van der Waals surface area (Å²) in [5.74, 6) is 0. The number of hydrazone groups is 1. The van der Waals surface area contributed by atoms with Crippen molar-refractivity contribution in [2.24, 2.45) is 10.1 Å². The van der Waals surface area contributed by atoms with E-state index in [9.17, 15) is 8.42 Å². The molecule has 1 aliphatic carbocycles. The smallest absolute Gasteiger partial charge is 0.241 e. The minimum Gasteiger partial charge on any atom is -0.399 e. The zero-order valence-corrected chi connectivity index (χ0v) is 15.6. The Morgan fingerprint density at radius 1 is 1.36 bits per heavy atom. The zero-order chi connectivity index (χ0) is 18.3. The molecule has 2 rings (SSSR count). The summed E-state index contributed by atoms with van der Waals surface area (Å²) in [5.41, 5.74) is 9.80. The Kier molecular flexibility index (Phi) is 6.95. The molecular weight excluding hydrogens is 338 g/mol. The summed E-state index contributed by atoms with van der Waals surface area (Å²) in [7, 11) is -3.57. The Morgan fingerprint density at radius 2 is 2.16 bits per heavy atom. The van der Waals surface area contributed by atoms with E-state index in [-0.39, 0.29) is 12.1 Å². The highest BCUT2D eigenvalue weighted by atomic mass is 32.2. The van der Waals surface area contributed by atoms with Gasteiger partial charge in [0.15, 0.2) is 0 Å². The number of benzene rings is 1. The fraction of sp³-hybridized carbons (Fsp3) is 0.529. The normalized spacial score (nSPS) is 21.8. The van der Waals surface area contributed by atoms with Crippen molar-refractivity contribution in [2.75, 3.05) is 5.73 Å². The van der Waals surface area contributed by atoms with Crippen LogP contribution in [0.15, 0.2) is 33.2 Å². The van der Waals surface area contributed by atoms with Crippen molar-refractivity contribution < 1.29 is 8.42 Å². The van der Waals surface area contributed by atoms with E-state index in [0.717, 1.165) is 24.8 Å². The fourth-order valence-corrected chi connectivity index (χ4v) is 4.65. The average molecular weight is 366 g/mol. The van der Waals surface area contributed by atoms with Crippen LogP contribution in [-0.4, -0.2) is 33.1 Å². The molecule has 0 aliphatic heterocycles. The summed E-state index contributed by atoms with van der Waals surface area (Å²) in [6.45, 7) is 3.74. The van der Waals surface area contributed by atoms with E-state index in [4.69, 9.17) is 5.73 Å². The summed E-state index contributed by atoms with van der Waals surface area (Å²) in [5, 5.41) is 3.85. The van der Waals surface area contributed by atoms with Gasteiger partial charge in [-0.15, -0.1) is 0 Å². The van der Waals surface area contributed by atoms with Crippen molar-refractivity contribution in [3.8, 4) is 0 Å². The van der Waals surface area contributed by atoms with E-state index in [1.54, 1.807) is 30.8 Å². The molecule has 8 heteroatoms. The first kappa shape index (κ1) is 19.4. The summed E-state index contributed by atoms with van der Waals surface area (Å²) < 4.78 is 28.4. The highest BCUT2D eigenvalue weighted by Crippen LogP contribution is 2.24. The third kappa shape index (κ3) is 5.54. The standard InChI is InChI=1S/C17H27N5O2S/c1-3-13-10-14(18)8-9-17(13)25(23,24)22-16-7-5-6-15(11-16)19-12-21-20-4-2/h4,8-10,12,15-16,22H,3,5-7,11,18H2,1-2H3,(H,19,21)/b20-4-/t15-,16?/m1/s1. The second-order valence-electron chi connectivity index (χ2n) is 6.15. The van der Waals surface area contributed by atoms with Gasteiger partial charge in [0, 0.05) is 17.9 Å². The Bertz CT molecular complexity index is 731. The van der Waals surface area contributed by atoms with Crippen LogP contribution >= 0.6 is 0 Å². The lowest BCUT2D eigenvalue weighted by Crippen LogP contribution is -2.39. The van der Waals surface area contributed by atoms with Crippen LogP contribution in [0.3, 0.4) is 0 Å². The molecule has 0 spiro atoms. The molecule has 1 unspecified atom stereocenters. The minimum atomic E-state index is -3.57. The Labute approximate surface area is 149 Å². The number of aryl methyl sites for hydroxylation is 1. The summed E-state index contributed by atoms with van der Waals surface area (Å²) in [6.07, 6.45) is 7.22. The molecule has 1 saturated carbocycles. The third-order valence-electron chi connectivity index (χ3n) is 4.27. The van der Waals surface area contributed by atoms with Gasteiger partial charge in [-0.2, -0.15) is 5.10 Å². The Balaban J connectivity index is 2.06. The van der Waals surface area contributed by atoms with Gasteiger partial charge >= 0.3 is 0 Å². The lowest BCUT2D eigenvalue weighted by Gasteiger charge is -2.27. The second kappa shape index (κ2) is 8.96. The van der Waals surface area contributed by atoms with Crippen molar-refractivity contribution in [3.63, 3.8) is 0 Å². The van der Waals surface area contributed by atoms with Gasteiger partial charge < -0.3 is 5.73 Å². The molecule has 0 aromatic heterocycles. The first-order valence-electron chi connectivity index (χ1n) is 8.61. The first-order chi connectivity index (χ1) is 12.0. The monoisotopic (exact) mass is 365 g/mol. The van der Waals surface area contributed by atoms with Crippen molar-refractivity contribution >= 4 is 28.3 Å². The van der Waals surface area contributed by atoms with Crippen LogP contribution in [-0.2, 0) is 16.4 Å². The molecule has 25 heavy (non-hydrogen) atoms. The molecule has 138 valence electrons. The number of rotatable bonds is 7. The average Bonchev–Trinajstić information content (AvgIpc) is 2.58. The number of sulfonamides is 1. The minimum absolute atomic E-state index is 0.0954. The summed E-state index contributed by atoms with van der Waals surface area (Å²) in [6, 6.07) is 4.92. The van der Waals surface area contributed by atoms with Crippen LogP contribution < -0.4 is 15.9 Å². The molecule has 1 aromatic carbocycles. The van der Waals surface area contributed by atoms with Crippen LogP contribution in [0, 0.1) is 0 Å². The molecule has 0 radical (unpaired) electrons. The maximum absolute atomic E-state index is 12.8. The Hall–Kier alpha value is -1.93. The topological polar surface area (TPSA) is 109 Å². The van der Waals surface area contributed by atoms with E-state index in [1.807, 2.05) is 13.8 Å². The lowest BCUT2D eigenvalue weighted by atomic mass is 9.92. The molecule has 0 saturated heterocycles. The van der Waals surface area contributed by atoms with Crippen LogP contribution in [0.2, 0.25) is 0 Å². The van der Waals surface area contributed by atoms with Crippen LogP contribution in [0.5, 0.6) is 0 Å². The van der Waals surface area contributed by atoms with Gasteiger partial charge in [-0.05, 0) is 62.8 Å². The molecule has 1 aliphatic rings. The van der Waals surface area contributed by atoms with E-state index < -0.39 is 10.0 Å². The van der Waals surface area contributed by atoms with Crippen LogP contribution in [0.1, 0.15) is 45.1 Å². The molecule has 0 amide bonds. The van der Waals surface area contributed by atoms with E-state index in [2.05, 4.69) is 20.2 Å². The van der Waals surface area contributed by atoms with Gasteiger partial charge in [0.2, 0.25) is 10.0 Å². The third-order valence-corrected chi connectivity index (χ3v) is 5.89. The number of anilines is 1. The maximum Gasteiger partial charge on any atom is 0.241 e. The van der Waals surface area contributed by atoms with E-state index >= 15 is 0 Å². The maximum atomic E-state index is 12.8. The van der Waals surface area contributed by atoms with Crippen LogP contribution in [0.4, 0.5) is 5.69 Å². The zero-order valence-electron chi connectivity index (χ0n) is 14.8. The highest BCUT2D eigenvalue weighted by molar-refractivity contribution is 7.89. The Morgan fingerprint density at radius 3 is 2.88 bits per heavy atom. The van der Waals surface area contributed by atoms with Gasteiger partial charge in [-0.25, -0.2) is 13.1 Å². The van der Waals surface area contributed by atoms with Gasteiger partial charge in [-0.1, -0.05) is 6.92 Å². The molecule has 0 bridgehead atoms. The molecular formula is C17H27N5O2S. The summed E-state index contributed by atoms with van der Waals surface area (Å²) >= 11 is 0. The van der Waals surface area contributed by atoms with Crippen molar-refractivity contribution in [1.29, 1.82) is 0 Å². The number of nitrogen functional groups attached to an aromatic ring is 1. The molecule has 2 atom stereocenters. The lowest BCUT2D eigenvalue weighted by molar-refractivity contribution is 0.372. The van der Waals surface area contributed by atoms with Crippen molar-refractivity contribution in [2.45, 2.75) is 62.9 Å². The largest absolute Gasteiger partial charge is 0.399 e. The molecule has 0 heterocycles. The predicted octanol–water partition coefficient (Wildman–Crippen LogP) is 2.04. The quantitative estimate of drug-likeness (QED) is 0.297. The highest BCUT2D eigenvalue weighted by Gasteiger charge is 2.27. The number of nitrogens with one attached hydrogen (secondary N) is 2. The molecule has 7 nitrogen and oxygen atoms in total. The number of nitrogens with two attached hydrogens (primary N) is 1. The SMILES string of the molecule is C/C=N\NC=N[C@@H]1CCCC(NS(=O)(=O)c2ccc(N)cc2CC)C1. The number of nitrogens with zero attached hydrogens (tertiary/aromatic N) is 2. The van der Waals surface area contributed by atoms with E-state index in [0.29, 0.717) is 23.4 Å². The molecule has 1 aromatic rings. The first-order valence-corrected chi connectivity index (χ1v) is 10.1. The van der Waals surface area contributed by atoms with Crippen molar-refractivity contribution in [1.82, 2.24) is 10.1 Å². The number of aliphatic imine (C=N–C) groups is 1. The second-order valence-corrected chi connectivity index (χ2v) is 7.84. The predicted molar refractivity (Wildman–Crippen MR) is 102 cm³/mol. The van der Waals surface area contributed by atoms with Crippen molar-refractivity contribution in [3.05, 3.63) is 23.8 Å². The summed E-state index contributed by atoms with van der Waals surface area (Å²) in [4.78, 5) is 4.73. The van der Waals surface area contributed by atoms with E-state index in [1.165, 1.54) is 0 Å².